The van der Waals surface area contributed by atoms with Crippen LogP contribution in [0.1, 0.15) is 17.5 Å². The fraction of sp³-hybridized carbons (Fsp3) is 0.500. The minimum absolute atomic E-state index is 0.0368. The summed E-state index contributed by atoms with van der Waals surface area (Å²) < 4.78 is 37.4. The highest BCUT2D eigenvalue weighted by Gasteiger charge is 2.32. The summed E-state index contributed by atoms with van der Waals surface area (Å²) in [7, 11) is 0. The second-order valence-corrected chi connectivity index (χ2v) is 5.10. The van der Waals surface area contributed by atoms with Crippen molar-refractivity contribution >= 4 is 5.97 Å². The maximum absolute atomic E-state index is 12.5. The first-order chi connectivity index (χ1) is 9.38. The molecule has 0 unspecified atom stereocenters. The number of aliphatic carboxylic acids is 1. The highest BCUT2D eigenvalue weighted by atomic mass is 19.4. The summed E-state index contributed by atoms with van der Waals surface area (Å²) in [5.41, 5.74) is -0.0899. The monoisotopic (exact) mass is 287 g/mol. The van der Waals surface area contributed by atoms with Gasteiger partial charge in [0.05, 0.1) is 11.5 Å². The first kappa shape index (κ1) is 14.8. The minimum Gasteiger partial charge on any atom is -0.481 e. The lowest BCUT2D eigenvalue weighted by atomic mass is 9.86. The first-order valence-corrected chi connectivity index (χ1v) is 6.47. The summed E-state index contributed by atoms with van der Waals surface area (Å²) in [6, 6.07) is 4.73. The van der Waals surface area contributed by atoms with Gasteiger partial charge in [0.25, 0.3) is 0 Å². The Kier molecular flexibility index (Phi) is 4.32. The van der Waals surface area contributed by atoms with Crippen molar-refractivity contribution < 1.29 is 23.1 Å². The van der Waals surface area contributed by atoms with Crippen LogP contribution in [-0.2, 0) is 17.4 Å². The summed E-state index contributed by atoms with van der Waals surface area (Å²) in [6.07, 6.45) is -3.31. The van der Waals surface area contributed by atoms with E-state index < -0.39 is 23.6 Å². The number of hydrogen-bond acceptors (Lipinski definition) is 2. The fourth-order valence-corrected chi connectivity index (χ4v) is 2.56. The van der Waals surface area contributed by atoms with Crippen LogP contribution in [0.25, 0.3) is 0 Å². The second kappa shape index (κ2) is 5.83. The van der Waals surface area contributed by atoms with E-state index in [4.69, 9.17) is 0 Å². The zero-order chi connectivity index (χ0) is 14.8. The van der Waals surface area contributed by atoms with E-state index in [1.54, 1.807) is 0 Å². The molecule has 1 saturated heterocycles. The molecular weight excluding hydrogens is 271 g/mol. The number of alkyl halides is 3. The van der Waals surface area contributed by atoms with Crippen LogP contribution in [0.15, 0.2) is 24.3 Å². The quantitative estimate of drug-likeness (QED) is 0.894. The molecule has 1 aromatic carbocycles. The van der Waals surface area contributed by atoms with E-state index >= 15 is 0 Å². The molecule has 1 aliphatic heterocycles. The summed E-state index contributed by atoms with van der Waals surface area (Å²) in [6.45, 7) is 1.44. The molecule has 6 heteroatoms. The molecule has 0 spiro atoms. The smallest absolute Gasteiger partial charge is 0.416 e. The normalized spacial score (nSPS) is 20.9. The average Bonchev–Trinajstić information content (AvgIpc) is 2.88. The second-order valence-electron chi connectivity index (χ2n) is 5.10. The molecule has 110 valence electrons. The van der Waals surface area contributed by atoms with Gasteiger partial charge >= 0.3 is 12.1 Å². The molecule has 1 aliphatic rings. The standard InChI is InChI=1S/C14H16F3NO2/c15-14(16,17)11-3-1-9(2-4-11)7-12(13(19)20)10-5-6-18-8-10/h1-4,10,12,18H,5-8H2,(H,19,20)/t10-,12-/m0/s1. The molecule has 0 bridgehead atoms. The van der Waals surface area contributed by atoms with Crippen molar-refractivity contribution in [2.24, 2.45) is 11.8 Å². The highest BCUT2D eigenvalue weighted by molar-refractivity contribution is 5.71. The van der Waals surface area contributed by atoms with E-state index in [-0.39, 0.29) is 12.3 Å². The van der Waals surface area contributed by atoms with Gasteiger partial charge in [0.2, 0.25) is 0 Å². The number of halogens is 3. The van der Waals surface area contributed by atoms with E-state index in [9.17, 15) is 23.1 Å². The predicted molar refractivity (Wildman–Crippen MR) is 67.3 cm³/mol. The Labute approximate surface area is 114 Å². The number of benzene rings is 1. The molecule has 0 aliphatic carbocycles. The van der Waals surface area contributed by atoms with Gasteiger partial charge in [-0.25, -0.2) is 0 Å². The van der Waals surface area contributed by atoms with Gasteiger partial charge in [-0.15, -0.1) is 0 Å². The average molecular weight is 287 g/mol. The molecule has 1 aromatic rings. The van der Waals surface area contributed by atoms with E-state index in [1.807, 2.05) is 0 Å². The van der Waals surface area contributed by atoms with E-state index in [0.717, 1.165) is 25.1 Å². The van der Waals surface area contributed by atoms with E-state index in [0.29, 0.717) is 12.1 Å². The summed E-state index contributed by atoms with van der Waals surface area (Å²) in [5.74, 6) is -1.41. The topological polar surface area (TPSA) is 49.3 Å². The Hall–Kier alpha value is -1.56. The maximum atomic E-state index is 12.5. The van der Waals surface area contributed by atoms with Crippen LogP contribution in [0, 0.1) is 11.8 Å². The van der Waals surface area contributed by atoms with Gasteiger partial charge in [0.1, 0.15) is 0 Å². The Balaban J connectivity index is 2.09. The van der Waals surface area contributed by atoms with Crippen LogP contribution < -0.4 is 5.32 Å². The molecule has 0 amide bonds. The maximum Gasteiger partial charge on any atom is 0.416 e. The molecule has 0 aromatic heterocycles. The Morgan fingerprint density at radius 1 is 1.35 bits per heavy atom. The van der Waals surface area contributed by atoms with Crippen LogP contribution in [0.4, 0.5) is 13.2 Å². The molecule has 2 N–H and O–H groups in total. The van der Waals surface area contributed by atoms with Gasteiger partial charge in [-0.3, -0.25) is 4.79 Å². The highest BCUT2D eigenvalue weighted by Crippen LogP contribution is 2.30. The Morgan fingerprint density at radius 2 is 2.00 bits per heavy atom. The van der Waals surface area contributed by atoms with Crippen LogP contribution in [0.5, 0.6) is 0 Å². The SMILES string of the molecule is O=C(O)[C@@H](Cc1ccc(C(F)(F)F)cc1)[C@H]1CCNC1. The van der Waals surface area contributed by atoms with Crippen LogP contribution >= 0.6 is 0 Å². The number of carbonyl (C=O) groups is 1. The third-order valence-corrected chi connectivity index (χ3v) is 3.72. The first-order valence-electron chi connectivity index (χ1n) is 6.47. The number of carboxylic acids is 1. The van der Waals surface area contributed by atoms with Gasteiger partial charge < -0.3 is 10.4 Å². The minimum atomic E-state index is -4.36. The van der Waals surface area contributed by atoms with Crippen molar-refractivity contribution in [3.63, 3.8) is 0 Å². The lowest BCUT2D eigenvalue weighted by Crippen LogP contribution is -2.27. The largest absolute Gasteiger partial charge is 0.481 e. The predicted octanol–water partition coefficient (Wildman–Crippen LogP) is 2.56. The van der Waals surface area contributed by atoms with Crippen molar-refractivity contribution in [2.75, 3.05) is 13.1 Å². The van der Waals surface area contributed by atoms with E-state index in [1.165, 1.54) is 12.1 Å². The summed E-state index contributed by atoms with van der Waals surface area (Å²) >= 11 is 0. The molecule has 3 nitrogen and oxygen atoms in total. The molecule has 2 rings (SSSR count). The van der Waals surface area contributed by atoms with Gasteiger partial charge in [-0.2, -0.15) is 13.2 Å². The van der Waals surface area contributed by atoms with Gasteiger partial charge in [-0.1, -0.05) is 12.1 Å². The zero-order valence-electron chi connectivity index (χ0n) is 10.8. The molecular formula is C14H16F3NO2. The Bertz CT molecular complexity index is 464. The third-order valence-electron chi connectivity index (χ3n) is 3.72. The number of carboxylic acid groups (broad SMARTS) is 1. The molecule has 0 radical (unpaired) electrons. The van der Waals surface area contributed by atoms with Gasteiger partial charge in [-0.05, 0) is 49.5 Å². The molecule has 0 saturated carbocycles. The number of rotatable bonds is 4. The summed E-state index contributed by atoms with van der Waals surface area (Å²) in [5, 5.41) is 12.4. The van der Waals surface area contributed by atoms with Gasteiger partial charge in [0.15, 0.2) is 0 Å². The summed E-state index contributed by atoms with van der Waals surface area (Å²) in [4.78, 5) is 11.3. The van der Waals surface area contributed by atoms with Crippen LogP contribution in [0.2, 0.25) is 0 Å². The fourth-order valence-electron chi connectivity index (χ4n) is 2.56. The molecule has 20 heavy (non-hydrogen) atoms. The Morgan fingerprint density at radius 3 is 2.45 bits per heavy atom. The molecule has 1 heterocycles. The van der Waals surface area contributed by atoms with Crippen LogP contribution in [0.3, 0.4) is 0 Å². The van der Waals surface area contributed by atoms with Crippen LogP contribution in [-0.4, -0.2) is 24.2 Å². The molecule has 2 atom stereocenters. The van der Waals surface area contributed by atoms with Crippen molar-refractivity contribution in [3.8, 4) is 0 Å². The third kappa shape index (κ3) is 3.50. The lowest BCUT2D eigenvalue weighted by molar-refractivity contribution is -0.143. The lowest BCUT2D eigenvalue weighted by Gasteiger charge is -2.19. The van der Waals surface area contributed by atoms with Crippen molar-refractivity contribution in [1.29, 1.82) is 0 Å². The van der Waals surface area contributed by atoms with Crippen molar-refractivity contribution in [3.05, 3.63) is 35.4 Å². The zero-order valence-corrected chi connectivity index (χ0v) is 10.8. The van der Waals surface area contributed by atoms with Crippen molar-refractivity contribution in [2.45, 2.75) is 19.0 Å². The van der Waals surface area contributed by atoms with Crippen molar-refractivity contribution in [1.82, 2.24) is 5.32 Å². The van der Waals surface area contributed by atoms with Gasteiger partial charge in [0, 0.05) is 0 Å². The van der Waals surface area contributed by atoms with E-state index in [2.05, 4.69) is 5.32 Å². The number of nitrogens with one attached hydrogen (secondary N) is 1. The molecule has 1 fully saturated rings. The number of hydrogen-bond donors (Lipinski definition) is 2.